The summed E-state index contributed by atoms with van der Waals surface area (Å²) in [4.78, 5) is 19.2. The van der Waals surface area contributed by atoms with Gasteiger partial charge in [0.1, 0.15) is 11.4 Å². The number of nitrogens with zero attached hydrogens (tertiary/aromatic N) is 2. The molecule has 0 aliphatic heterocycles. The van der Waals surface area contributed by atoms with Crippen molar-refractivity contribution in [2.24, 2.45) is 0 Å². The predicted octanol–water partition coefficient (Wildman–Crippen LogP) is 6.96. The first kappa shape index (κ1) is 19.0. The summed E-state index contributed by atoms with van der Waals surface area (Å²) in [5.74, 6) is 0.706. The second-order valence-corrected chi connectivity index (χ2v) is 9.49. The van der Waals surface area contributed by atoms with E-state index in [0.29, 0.717) is 5.82 Å². The van der Waals surface area contributed by atoms with Gasteiger partial charge in [0.05, 0.1) is 22.2 Å². The Bertz CT molecular complexity index is 1560. The fourth-order valence-electron chi connectivity index (χ4n) is 5.41. The highest BCUT2D eigenvalue weighted by Gasteiger charge is 2.30. The minimum atomic E-state index is -0.387. The quantitative estimate of drug-likeness (QED) is 0.245. The van der Waals surface area contributed by atoms with E-state index in [0.717, 1.165) is 56.7 Å². The highest BCUT2D eigenvalue weighted by molar-refractivity contribution is 6.23. The number of nitro benzene ring substituents is 1. The number of hydrogen-bond acceptors (Lipinski definition) is 4. The van der Waals surface area contributed by atoms with Crippen LogP contribution in [0.15, 0.2) is 47.1 Å². The molecule has 0 radical (unpaired) electrons. The molecule has 0 saturated heterocycles. The number of fused-ring (bicyclic) bond motifs is 8. The van der Waals surface area contributed by atoms with E-state index in [2.05, 4.69) is 31.0 Å². The lowest BCUT2D eigenvalue weighted by atomic mass is 9.71. The van der Waals surface area contributed by atoms with Crippen LogP contribution in [-0.2, 0) is 11.8 Å². The van der Waals surface area contributed by atoms with Gasteiger partial charge in [-0.05, 0) is 60.4 Å². The van der Waals surface area contributed by atoms with Crippen LogP contribution < -0.4 is 0 Å². The van der Waals surface area contributed by atoms with Gasteiger partial charge < -0.3 is 9.40 Å². The zero-order valence-corrected chi connectivity index (χ0v) is 18.3. The SMILES string of the molecule is Cc1coc2c3ccc4c(c3c3nc(-c5ccc([N+](=O)[O-])cc5)[nH]c3c12)CCCC4(C)C. The van der Waals surface area contributed by atoms with Gasteiger partial charge in [-0.2, -0.15) is 0 Å². The van der Waals surface area contributed by atoms with Crippen LogP contribution in [0, 0.1) is 17.0 Å². The van der Waals surface area contributed by atoms with Crippen LogP contribution in [0.1, 0.15) is 43.4 Å². The minimum absolute atomic E-state index is 0.0691. The van der Waals surface area contributed by atoms with Crippen molar-refractivity contribution >= 4 is 38.5 Å². The molecule has 3 aromatic carbocycles. The summed E-state index contributed by atoms with van der Waals surface area (Å²) < 4.78 is 6.05. The van der Waals surface area contributed by atoms with E-state index in [-0.39, 0.29) is 16.0 Å². The summed E-state index contributed by atoms with van der Waals surface area (Å²) in [7, 11) is 0. The first-order chi connectivity index (χ1) is 15.3. The number of aryl methyl sites for hydroxylation is 2. The van der Waals surface area contributed by atoms with Crippen molar-refractivity contribution in [2.75, 3.05) is 0 Å². The first-order valence-corrected chi connectivity index (χ1v) is 11.0. The van der Waals surface area contributed by atoms with Crippen molar-refractivity contribution in [2.45, 2.75) is 45.4 Å². The number of benzene rings is 3. The molecule has 0 unspecified atom stereocenters. The number of imidazole rings is 1. The molecule has 6 rings (SSSR count). The monoisotopic (exact) mass is 425 g/mol. The molecule has 32 heavy (non-hydrogen) atoms. The number of nitro groups is 1. The predicted molar refractivity (Wildman–Crippen MR) is 126 cm³/mol. The fourth-order valence-corrected chi connectivity index (χ4v) is 5.41. The average Bonchev–Trinajstić information content (AvgIpc) is 3.37. The summed E-state index contributed by atoms with van der Waals surface area (Å²) in [5, 5.41) is 14.4. The Kier molecular flexibility index (Phi) is 3.82. The third kappa shape index (κ3) is 2.55. The summed E-state index contributed by atoms with van der Waals surface area (Å²) in [5.41, 5.74) is 7.61. The summed E-state index contributed by atoms with van der Waals surface area (Å²) >= 11 is 0. The largest absolute Gasteiger partial charge is 0.463 e. The van der Waals surface area contributed by atoms with E-state index in [9.17, 15) is 10.1 Å². The average molecular weight is 425 g/mol. The summed E-state index contributed by atoms with van der Waals surface area (Å²) in [6.07, 6.45) is 5.15. The van der Waals surface area contributed by atoms with Crippen LogP contribution in [0.3, 0.4) is 0 Å². The molecule has 1 N–H and O–H groups in total. The van der Waals surface area contributed by atoms with Crippen LogP contribution in [0.2, 0.25) is 0 Å². The molecule has 6 nitrogen and oxygen atoms in total. The van der Waals surface area contributed by atoms with Crippen LogP contribution in [0.5, 0.6) is 0 Å². The topological polar surface area (TPSA) is 85.0 Å². The van der Waals surface area contributed by atoms with Crippen LogP contribution in [0.25, 0.3) is 44.2 Å². The highest BCUT2D eigenvalue weighted by atomic mass is 16.6. The van der Waals surface area contributed by atoms with E-state index >= 15 is 0 Å². The number of aromatic nitrogens is 2. The molecule has 0 bridgehead atoms. The first-order valence-electron chi connectivity index (χ1n) is 11.0. The van der Waals surface area contributed by atoms with E-state index < -0.39 is 0 Å². The Morgan fingerprint density at radius 3 is 2.66 bits per heavy atom. The molecule has 0 atom stereocenters. The Hall–Kier alpha value is -3.67. The second-order valence-electron chi connectivity index (χ2n) is 9.49. The van der Waals surface area contributed by atoms with Crippen molar-refractivity contribution in [3.05, 3.63) is 69.5 Å². The molecule has 2 aromatic heterocycles. The lowest BCUT2D eigenvalue weighted by Gasteiger charge is -2.33. The maximum Gasteiger partial charge on any atom is 0.269 e. The number of aromatic amines is 1. The third-order valence-corrected chi connectivity index (χ3v) is 7.03. The van der Waals surface area contributed by atoms with Gasteiger partial charge in [0, 0.05) is 33.9 Å². The van der Waals surface area contributed by atoms with Crippen molar-refractivity contribution in [1.29, 1.82) is 0 Å². The molecule has 5 aromatic rings. The molecule has 0 spiro atoms. The molecule has 0 saturated carbocycles. The van der Waals surface area contributed by atoms with Gasteiger partial charge in [-0.3, -0.25) is 10.1 Å². The van der Waals surface area contributed by atoms with Gasteiger partial charge in [-0.15, -0.1) is 0 Å². The molecule has 0 fully saturated rings. The van der Waals surface area contributed by atoms with E-state index in [1.165, 1.54) is 29.7 Å². The van der Waals surface area contributed by atoms with Crippen LogP contribution >= 0.6 is 0 Å². The molecule has 1 aliphatic rings. The minimum Gasteiger partial charge on any atom is -0.463 e. The highest BCUT2D eigenvalue weighted by Crippen LogP contribution is 2.45. The number of hydrogen-bond donors (Lipinski definition) is 1. The van der Waals surface area contributed by atoms with E-state index in [4.69, 9.17) is 9.40 Å². The van der Waals surface area contributed by atoms with Gasteiger partial charge in [-0.1, -0.05) is 26.0 Å². The fraction of sp³-hybridized carbons (Fsp3) is 0.269. The standard InChI is InChI=1S/C26H23N3O3/c1-14-13-32-24-18-10-11-19-17(5-4-12-26(19,2)3)21(18)23-22(20(14)24)27-25(28-23)15-6-8-16(9-7-15)29(30)31/h6-11,13H,4-5,12H2,1-3H3,(H,27,28). The zero-order chi connectivity index (χ0) is 22.2. The lowest BCUT2D eigenvalue weighted by Crippen LogP contribution is -2.23. The summed E-state index contributed by atoms with van der Waals surface area (Å²) in [6.45, 7) is 6.68. The molecular formula is C26H23N3O3. The van der Waals surface area contributed by atoms with Crippen molar-refractivity contribution < 1.29 is 9.34 Å². The van der Waals surface area contributed by atoms with Crippen molar-refractivity contribution in [1.82, 2.24) is 9.97 Å². The molecule has 1 aliphatic carbocycles. The van der Waals surface area contributed by atoms with Gasteiger partial charge >= 0.3 is 0 Å². The summed E-state index contributed by atoms with van der Waals surface area (Å²) in [6, 6.07) is 11.0. The Morgan fingerprint density at radius 2 is 1.91 bits per heavy atom. The Labute approximate surface area is 184 Å². The number of rotatable bonds is 2. The Morgan fingerprint density at radius 1 is 1.12 bits per heavy atom. The molecule has 2 heterocycles. The van der Waals surface area contributed by atoms with Crippen molar-refractivity contribution in [3.8, 4) is 11.4 Å². The van der Waals surface area contributed by atoms with Crippen molar-refractivity contribution in [3.63, 3.8) is 0 Å². The van der Waals surface area contributed by atoms with E-state index in [1.54, 1.807) is 18.4 Å². The lowest BCUT2D eigenvalue weighted by molar-refractivity contribution is -0.384. The van der Waals surface area contributed by atoms with E-state index in [1.807, 2.05) is 6.92 Å². The smallest absolute Gasteiger partial charge is 0.269 e. The second kappa shape index (κ2) is 6.42. The van der Waals surface area contributed by atoms with Gasteiger partial charge in [-0.25, -0.2) is 4.98 Å². The number of non-ortho nitro benzene ring substituents is 1. The third-order valence-electron chi connectivity index (χ3n) is 7.03. The Balaban J connectivity index is 1.72. The van der Waals surface area contributed by atoms with Gasteiger partial charge in [0.25, 0.3) is 5.69 Å². The number of furan rings is 1. The van der Waals surface area contributed by atoms with Crippen LogP contribution in [0.4, 0.5) is 5.69 Å². The normalized spacial score (nSPS) is 15.5. The molecule has 0 amide bonds. The van der Waals surface area contributed by atoms with Gasteiger partial charge in [0.15, 0.2) is 0 Å². The number of H-pyrrole nitrogens is 1. The van der Waals surface area contributed by atoms with Gasteiger partial charge in [0.2, 0.25) is 0 Å². The molecular weight excluding hydrogens is 402 g/mol. The van der Waals surface area contributed by atoms with Crippen LogP contribution in [-0.4, -0.2) is 14.9 Å². The maximum atomic E-state index is 11.1. The number of nitrogens with one attached hydrogen (secondary N) is 1. The zero-order valence-electron chi connectivity index (χ0n) is 18.3. The molecule has 6 heteroatoms. The maximum absolute atomic E-state index is 11.1. The molecule has 160 valence electrons.